The summed E-state index contributed by atoms with van der Waals surface area (Å²) in [4.78, 5) is 0. The summed E-state index contributed by atoms with van der Waals surface area (Å²) in [6, 6.07) is 6.89. The molecule has 0 bridgehead atoms. The van der Waals surface area contributed by atoms with Crippen molar-refractivity contribution in [2.75, 3.05) is 25.7 Å². The Morgan fingerprint density at radius 2 is 2.18 bits per heavy atom. The standard InChI is InChI=1S/C14H23NOS/c1-5-17-10-13(15-3)9-12-8-11(2)6-7-14(12)16-4/h6-8,13,15H,5,9-10H2,1-4H3. The molecule has 1 atom stereocenters. The highest BCUT2D eigenvalue weighted by Gasteiger charge is 2.11. The zero-order valence-electron chi connectivity index (χ0n) is 11.2. The quantitative estimate of drug-likeness (QED) is 0.807. The molecule has 0 radical (unpaired) electrons. The predicted molar refractivity (Wildman–Crippen MR) is 77.3 cm³/mol. The SMILES string of the molecule is CCSCC(Cc1cc(C)ccc1OC)NC. The number of methoxy groups -OCH3 is 1. The fraction of sp³-hybridized carbons (Fsp3) is 0.571. The van der Waals surface area contributed by atoms with E-state index in [2.05, 4.69) is 37.4 Å². The Morgan fingerprint density at radius 1 is 1.41 bits per heavy atom. The molecule has 2 nitrogen and oxygen atoms in total. The summed E-state index contributed by atoms with van der Waals surface area (Å²) in [6.45, 7) is 4.32. The van der Waals surface area contributed by atoms with Gasteiger partial charge in [0.2, 0.25) is 0 Å². The minimum Gasteiger partial charge on any atom is -0.496 e. The van der Waals surface area contributed by atoms with E-state index < -0.39 is 0 Å². The van der Waals surface area contributed by atoms with Crippen molar-refractivity contribution in [3.05, 3.63) is 29.3 Å². The van der Waals surface area contributed by atoms with Crippen molar-refractivity contribution in [1.82, 2.24) is 5.32 Å². The summed E-state index contributed by atoms with van der Waals surface area (Å²) in [5.74, 6) is 3.31. The van der Waals surface area contributed by atoms with Crippen molar-refractivity contribution in [3.63, 3.8) is 0 Å². The second kappa shape index (κ2) is 7.62. The Bertz CT molecular complexity index is 341. The van der Waals surface area contributed by atoms with E-state index in [4.69, 9.17) is 4.74 Å². The van der Waals surface area contributed by atoms with E-state index in [0.29, 0.717) is 6.04 Å². The van der Waals surface area contributed by atoms with Crippen molar-refractivity contribution in [2.45, 2.75) is 26.3 Å². The first-order valence-electron chi connectivity index (χ1n) is 6.09. The van der Waals surface area contributed by atoms with Crippen LogP contribution in [0.5, 0.6) is 5.75 Å². The lowest BCUT2D eigenvalue weighted by molar-refractivity contribution is 0.407. The normalized spacial score (nSPS) is 12.5. The van der Waals surface area contributed by atoms with Crippen LogP contribution in [-0.4, -0.2) is 31.7 Å². The maximum absolute atomic E-state index is 5.42. The van der Waals surface area contributed by atoms with Crippen molar-refractivity contribution >= 4 is 11.8 Å². The number of thioether (sulfide) groups is 1. The molecule has 0 aliphatic carbocycles. The van der Waals surface area contributed by atoms with Crippen LogP contribution < -0.4 is 10.1 Å². The highest BCUT2D eigenvalue weighted by Crippen LogP contribution is 2.22. The monoisotopic (exact) mass is 253 g/mol. The molecule has 0 saturated heterocycles. The molecule has 3 heteroatoms. The molecule has 1 rings (SSSR count). The average Bonchev–Trinajstić information content (AvgIpc) is 2.34. The van der Waals surface area contributed by atoms with Gasteiger partial charge < -0.3 is 10.1 Å². The van der Waals surface area contributed by atoms with Crippen LogP contribution in [0.4, 0.5) is 0 Å². The first-order valence-corrected chi connectivity index (χ1v) is 7.25. The molecule has 0 spiro atoms. The molecule has 0 aliphatic rings. The fourth-order valence-electron chi connectivity index (χ4n) is 1.84. The lowest BCUT2D eigenvalue weighted by Gasteiger charge is -2.17. The fourth-order valence-corrected chi connectivity index (χ4v) is 2.64. The van der Waals surface area contributed by atoms with Gasteiger partial charge in [-0.15, -0.1) is 0 Å². The third-order valence-corrected chi connectivity index (χ3v) is 3.88. The minimum absolute atomic E-state index is 0.510. The van der Waals surface area contributed by atoms with E-state index in [1.54, 1.807) is 7.11 Å². The largest absolute Gasteiger partial charge is 0.496 e. The third kappa shape index (κ3) is 4.60. The summed E-state index contributed by atoms with van der Waals surface area (Å²) in [7, 11) is 3.77. The molecule has 0 heterocycles. The van der Waals surface area contributed by atoms with Gasteiger partial charge in [0, 0.05) is 11.8 Å². The molecule has 96 valence electrons. The summed E-state index contributed by atoms with van der Waals surface area (Å²) in [5.41, 5.74) is 2.59. The highest BCUT2D eigenvalue weighted by atomic mass is 32.2. The molecule has 1 aromatic carbocycles. The second-order valence-electron chi connectivity index (χ2n) is 4.16. The summed E-state index contributed by atoms with van der Waals surface area (Å²) in [6.07, 6.45) is 1.02. The third-order valence-electron chi connectivity index (χ3n) is 2.83. The van der Waals surface area contributed by atoms with Crippen molar-refractivity contribution < 1.29 is 4.74 Å². The van der Waals surface area contributed by atoms with E-state index in [1.807, 2.05) is 18.8 Å². The van der Waals surface area contributed by atoms with E-state index in [1.165, 1.54) is 16.9 Å². The van der Waals surface area contributed by atoms with Crippen LogP contribution in [0.1, 0.15) is 18.1 Å². The Hall–Kier alpha value is -0.670. The van der Waals surface area contributed by atoms with Crippen molar-refractivity contribution in [3.8, 4) is 5.75 Å². The maximum atomic E-state index is 5.42. The molecule has 1 aromatic rings. The Balaban J connectivity index is 2.73. The van der Waals surface area contributed by atoms with E-state index in [9.17, 15) is 0 Å². The van der Waals surface area contributed by atoms with Crippen LogP contribution in [0, 0.1) is 6.92 Å². The molecule has 0 aliphatic heterocycles. The van der Waals surface area contributed by atoms with Gasteiger partial charge in [-0.3, -0.25) is 0 Å². The van der Waals surface area contributed by atoms with Gasteiger partial charge in [-0.25, -0.2) is 0 Å². The van der Waals surface area contributed by atoms with E-state index >= 15 is 0 Å². The zero-order valence-corrected chi connectivity index (χ0v) is 12.1. The van der Waals surface area contributed by atoms with Gasteiger partial charge in [0.05, 0.1) is 7.11 Å². The number of nitrogens with one attached hydrogen (secondary N) is 1. The minimum atomic E-state index is 0.510. The Kier molecular flexibility index (Phi) is 6.45. The summed E-state index contributed by atoms with van der Waals surface area (Å²) >= 11 is 1.97. The van der Waals surface area contributed by atoms with Gasteiger partial charge in [0.1, 0.15) is 5.75 Å². The van der Waals surface area contributed by atoms with Gasteiger partial charge in [0.15, 0.2) is 0 Å². The molecule has 1 unspecified atom stereocenters. The molecule has 0 fully saturated rings. The molecule has 17 heavy (non-hydrogen) atoms. The molecule has 1 N–H and O–H groups in total. The molecule has 0 saturated carbocycles. The number of hydrogen-bond acceptors (Lipinski definition) is 3. The second-order valence-corrected chi connectivity index (χ2v) is 5.48. The molecular weight excluding hydrogens is 230 g/mol. The first kappa shape index (κ1) is 14.4. The summed E-state index contributed by atoms with van der Waals surface area (Å²) < 4.78 is 5.42. The smallest absolute Gasteiger partial charge is 0.122 e. The van der Waals surface area contributed by atoms with E-state index in [-0.39, 0.29) is 0 Å². The topological polar surface area (TPSA) is 21.3 Å². The number of ether oxygens (including phenoxy) is 1. The number of rotatable bonds is 7. The lowest BCUT2D eigenvalue weighted by Crippen LogP contribution is -2.30. The van der Waals surface area contributed by atoms with Crippen LogP contribution in [-0.2, 0) is 6.42 Å². The van der Waals surface area contributed by atoms with E-state index in [0.717, 1.165) is 17.9 Å². The number of benzene rings is 1. The predicted octanol–water partition coefficient (Wildman–Crippen LogP) is 2.89. The highest BCUT2D eigenvalue weighted by molar-refractivity contribution is 7.99. The van der Waals surface area contributed by atoms with Crippen LogP contribution in [0.25, 0.3) is 0 Å². The molecular formula is C14H23NOS. The number of hydrogen-bond donors (Lipinski definition) is 1. The Labute approximate surface area is 109 Å². The van der Waals surface area contributed by atoms with Crippen molar-refractivity contribution in [1.29, 1.82) is 0 Å². The first-order chi connectivity index (χ1) is 8.21. The molecule has 0 amide bonds. The van der Waals surface area contributed by atoms with Crippen LogP contribution in [0.3, 0.4) is 0 Å². The van der Waals surface area contributed by atoms with Gasteiger partial charge in [0.25, 0.3) is 0 Å². The van der Waals surface area contributed by atoms with Crippen LogP contribution in [0.15, 0.2) is 18.2 Å². The van der Waals surface area contributed by atoms with Gasteiger partial charge >= 0.3 is 0 Å². The van der Waals surface area contributed by atoms with Gasteiger partial charge in [-0.2, -0.15) is 11.8 Å². The maximum Gasteiger partial charge on any atom is 0.122 e. The lowest BCUT2D eigenvalue weighted by atomic mass is 10.0. The number of aryl methyl sites for hydroxylation is 1. The Morgan fingerprint density at radius 3 is 2.76 bits per heavy atom. The summed E-state index contributed by atoms with van der Waals surface area (Å²) in [5, 5.41) is 3.38. The van der Waals surface area contributed by atoms with Crippen molar-refractivity contribution in [2.24, 2.45) is 0 Å². The zero-order chi connectivity index (χ0) is 12.7. The van der Waals surface area contributed by atoms with Crippen LogP contribution >= 0.6 is 11.8 Å². The van der Waals surface area contributed by atoms with Gasteiger partial charge in [-0.05, 0) is 37.8 Å². The van der Waals surface area contributed by atoms with Gasteiger partial charge in [-0.1, -0.05) is 24.6 Å². The van der Waals surface area contributed by atoms with Crippen LogP contribution in [0.2, 0.25) is 0 Å². The average molecular weight is 253 g/mol. The number of likely N-dealkylation sites (N-methyl/N-ethyl adjacent to an activating group) is 1. The molecule has 0 aromatic heterocycles.